The van der Waals surface area contributed by atoms with Gasteiger partial charge in [-0.1, -0.05) is 48.5 Å². The molecule has 0 amide bonds. The Hall–Kier alpha value is -3.66. The molecule has 0 saturated heterocycles. The van der Waals surface area contributed by atoms with Crippen LogP contribution >= 0.6 is 0 Å². The molecule has 0 radical (unpaired) electrons. The van der Waals surface area contributed by atoms with Gasteiger partial charge in [-0.2, -0.15) is 0 Å². The zero-order valence-electron chi connectivity index (χ0n) is 16.0. The number of pyridine rings is 2. The standard InChI is InChI=1S/C25H20N4/c1-3-10-22-18(6-1)12-14-28-16-20(26-24(22)28)8-5-9-21-17-29-15-13-19-7-2-4-11-23(19)25(29)27-21/h1-4,6-7,10-17H,5,8-9H2. The number of imidazole rings is 2. The summed E-state index contributed by atoms with van der Waals surface area (Å²) in [5, 5.41) is 4.87. The molecule has 0 fully saturated rings. The maximum Gasteiger partial charge on any atom is 0.144 e. The zero-order chi connectivity index (χ0) is 19.2. The first-order valence-electron chi connectivity index (χ1n) is 10.1. The molecule has 140 valence electrons. The summed E-state index contributed by atoms with van der Waals surface area (Å²) in [6.45, 7) is 0. The van der Waals surface area contributed by atoms with Gasteiger partial charge in [0.1, 0.15) is 11.3 Å². The number of aryl methyl sites for hydroxylation is 2. The summed E-state index contributed by atoms with van der Waals surface area (Å²) in [4.78, 5) is 9.79. The van der Waals surface area contributed by atoms with Gasteiger partial charge in [0.2, 0.25) is 0 Å². The second-order valence-electron chi connectivity index (χ2n) is 7.59. The molecule has 6 aromatic rings. The summed E-state index contributed by atoms with van der Waals surface area (Å²) in [6.07, 6.45) is 11.4. The molecule has 0 saturated carbocycles. The summed E-state index contributed by atoms with van der Waals surface area (Å²) < 4.78 is 4.27. The molecule has 6 rings (SSSR count). The van der Waals surface area contributed by atoms with Crippen LogP contribution < -0.4 is 0 Å². The first-order valence-corrected chi connectivity index (χ1v) is 10.1. The normalized spacial score (nSPS) is 11.9. The fourth-order valence-electron chi connectivity index (χ4n) is 4.22. The van der Waals surface area contributed by atoms with Crippen molar-refractivity contribution < 1.29 is 0 Å². The molecule has 0 spiro atoms. The van der Waals surface area contributed by atoms with Gasteiger partial charge in [0.05, 0.1) is 11.4 Å². The number of hydrogen-bond donors (Lipinski definition) is 0. The van der Waals surface area contributed by atoms with E-state index in [2.05, 4.69) is 94.3 Å². The van der Waals surface area contributed by atoms with E-state index in [-0.39, 0.29) is 0 Å². The maximum absolute atomic E-state index is 4.89. The molecule has 0 aliphatic heterocycles. The predicted octanol–water partition coefficient (Wildman–Crippen LogP) is 5.46. The van der Waals surface area contributed by atoms with E-state index < -0.39 is 0 Å². The Morgan fingerprint density at radius 2 is 1.07 bits per heavy atom. The van der Waals surface area contributed by atoms with Crippen molar-refractivity contribution in [1.82, 2.24) is 18.8 Å². The summed E-state index contributed by atoms with van der Waals surface area (Å²) >= 11 is 0. The summed E-state index contributed by atoms with van der Waals surface area (Å²) in [5.41, 5.74) is 4.35. The van der Waals surface area contributed by atoms with Crippen LogP contribution in [-0.4, -0.2) is 18.8 Å². The summed E-state index contributed by atoms with van der Waals surface area (Å²) in [5.74, 6) is 0. The Labute approximate surface area is 168 Å². The van der Waals surface area contributed by atoms with Crippen LogP contribution in [0.2, 0.25) is 0 Å². The van der Waals surface area contributed by atoms with Crippen molar-refractivity contribution in [3.05, 3.63) is 96.8 Å². The molecule has 0 atom stereocenters. The molecule has 4 nitrogen and oxygen atoms in total. The molecule has 0 unspecified atom stereocenters. The SMILES string of the molecule is c1ccc2c(c1)ccn1cc(CCCc3cn4ccc5ccccc5c4n3)nc21. The van der Waals surface area contributed by atoms with Gasteiger partial charge >= 0.3 is 0 Å². The zero-order valence-corrected chi connectivity index (χ0v) is 16.0. The van der Waals surface area contributed by atoms with Crippen molar-refractivity contribution in [2.45, 2.75) is 19.3 Å². The Bertz CT molecular complexity index is 1380. The molecule has 4 heteroatoms. The first-order chi connectivity index (χ1) is 14.3. The van der Waals surface area contributed by atoms with Crippen molar-refractivity contribution >= 4 is 32.8 Å². The second-order valence-corrected chi connectivity index (χ2v) is 7.59. The highest BCUT2D eigenvalue weighted by molar-refractivity contribution is 5.94. The van der Waals surface area contributed by atoms with E-state index in [1.165, 1.54) is 21.5 Å². The van der Waals surface area contributed by atoms with Crippen LogP contribution in [0.15, 0.2) is 85.5 Å². The quantitative estimate of drug-likeness (QED) is 0.409. The average molecular weight is 376 g/mol. The van der Waals surface area contributed by atoms with Crippen LogP contribution in [0.5, 0.6) is 0 Å². The predicted molar refractivity (Wildman–Crippen MR) is 117 cm³/mol. The lowest BCUT2D eigenvalue weighted by molar-refractivity contribution is 0.791. The highest BCUT2D eigenvalue weighted by atomic mass is 15.0. The molecular weight excluding hydrogens is 356 g/mol. The highest BCUT2D eigenvalue weighted by Crippen LogP contribution is 2.21. The van der Waals surface area contributed by atoms with E-state index in [0.29, 0.717) is 0 Å². The van der Waals surface area contributed by atoms with Crippen molar-refractivity contribution in [2.75, 3.05) is 0 Å². The van der Waals surface area contributed by atoms with E-state index in [1.807, 2.05) is 0 Å². The van der Waals surface area contributed by atoms with E-state index in [0.717, 1.165) is 41.9 Å². The number of rotatable bonds is 4. The van der Waals surface area contributed by atoms with Crippen molar-refractivity contribution in [3.63, 3.8) is 0 Å². The first kappa shape index (κ1) is 16.3. The molecule has 4 heterocycles. The number of aromatic nitrogens is 4. The minimum atomic E-state index is 0.949. The number of fused-ring (bicyclic) bond motifs is 6. The van der Waals surface area contributed by atoms with Crippen LogP contribution in [0, 0.1) is 0 Å². The van der Waals surface area contributed by atoms with Gasteiger partial charge in [0, 0.05) is 35.6 Å². The molecule has 0 N–H and O–H groups in total. The van der Waals surface area contributed by atoms with E-state index in [9.17, 15) is 0 Å². The minimum absolute atomic E-state index is 0.949. The van der Waals surface area contributed by atoms with Gasteiger partial charge in [-0.3, -0.25) is 0 Å². The van der Waals surface area contributed by atoms with Crippen LogP contribution in [0.25, 0.3) is 32.8 Å². The largest absolute Gasteiger partial charge is 0.306 e. The van der Waals surface area contributed by atoms with Crippen LogP contribution in [0.4, 0.5) is 0 Å². The van der Waals surface area contributed by atoms with E-state index >= 15 is 0 Å². The van der Waals surface area contributed by atoms with Crippen molar-refractivity contribution in [2.24, 2.45) is 0 Å². The maximum atomic E-state index is 4.89. The molecule has 29 heavy (non-hydrogen) atoms. The fourth-order valence-corrected chi connectivity index (χ4v) is 4.22. The Morgan fingerprint density at radius 3 is 1.59 bits per heavy atom. The van der Waals surface area contributed by atoms with E-state index in [1.54, 1.807) is 0 Å². The smallest absolute Gasteiger partial charge is 0.144 e. The molecule has 0 bridgehead atoms. The minimum Gasteiger partial charge on any atom is -0.306 e. The number of hydrogen-bond acceptors (Lipinski definition) is 2. The van der Waals surface area contributed by atoms with E-state index in [4.69, 9.17) is 9.97 Å². The van der Waals surface area contributed by atoms with Crippen LogP contribution in [0.3, 0.4) is 0 Å². The molecule has 2 aromatic carbocycles. The molecular formula is C25H20N4. The van der Waals surface area contributed by atoms with Crippen LogP contribution in [0.1, 0.15) is 17.8 Å². The topological polar surface area (TPSA) is 34.6 Å². The van der Waals surface area contributed by atoms with Gasteiger partial charge in [-0.15, -0.1) is 0 Å². The van der Waals surface area contributed by atoms with Crippen molar-refractivity contribution in [1.29, 1.82) is 0 Å². The van der Waals surface area contributed by atoms with Gasteiger partial charge < -0.3 is 8.80 Å². The number of nitrogens with zero attached hydrogens (tertiary/aromatic N) is 4. The Morgan fingerprint density at radius 1 is 0.586 bits per heavy atom. The Kier molecular flexibility index (Phi) is 3.63. The second kappa shape index (κ2) is 6.45. The number of benzene rings is 2. The average Bonchev–Trinajstić information content (AvgIpc) is 3.37. The summed E-state index contributed by atoms with van der Waals surface area (Å²) in [7, 11) is 0. The van der Waals surface area contributed by atoms with Gasteiger partial charge in [-0.25, -0.2) is 9.97 Å². The Balaban J connectivity index is 1.25. The van der Waals surface area contributed by atoms with Crippen LogP contribution in [-0.2, 0) is 12.8 Å². The third-order valence-electron chi connectivity index (χ3n) is 5.66. The molecule has 0 aliphatic rings. The monoisotopic (exact) mass is 376 g/mol. The third kappa shape index (κ3) is 2.76. The van der Waals surface area contributed by atoms with Gasteiger partial charge in [0.25, 0.3) is 0 Å². The van der Waals surface area contributed by atoms with Gasteiger partial charge in [0.15, 0.2) is 0 Å². The van der Waals surface area contributed by atoms with Gasteiger partial charge in [-0.05, 0) is 42.2 Å². The lowest BCUT2D eigenvalue weighted by Gasteiger charge is -1.98. The third-order valence-corrected chi connectivity index (χ3v) is 5.66. The lowest BCUT2D eigenvalue weighted by Crippen LogP contribution is -1.90. The fraction of sp³-hybridized carbons (Fsp3) is 0.120. The highest BCUT2D eigenvalue weighted by Gasteiger charge is 2.08. The summed E-state index contributed by atoms with van der Waals surface area (Å²) in [6, 6.07) is 21.1. The molecule has 0 aliphatic carbocycles. The van der Waals surface area contributed by atoms with Crippen molar-refractivity contribution in [3.8, 4) is 0 Å². The lowest BCUT2D eigenvalue weighted by atomic mass is 10.2. The molecule has 4 aromatic heterocycles.